The fourth-order valence-electron chi connectivity index (χ4n) is 2.68. The summed E-state index contributed by atoms with van der Waals surface area (Å²) in [5, 5.41) is 13.8. The summed E-state index contributed by atoms with van der Waals surface area (Å²) in [7, 11) is 1.79. The van der Waals surface area contributed by atoms with Crippen LogP contribution in [0.3, 0.4) is 0 Å². The van der Waals surface area contributed by atoms with E-state index in [0.717, 1.165) is 16.8 Å². The first-order chi connectivity index (χ1) is 9.06. The molecular weight excluding hydrogens is 240 g/mol. The zero-order chi connectivity index (χ0) is 13.6. The van der Waals surface area contributed by atoms with Crippen molar-refractivity contribution in [3.8, 4) is 0 Å². The average molecular weight is 260 g/mol. The number of nitrogens with zero attached hydrogens (tertiary/aromatic N) is 1. The molecule has 0 aromatic heterocycles. The van der Waals surface area contributed by atoms with Crippen molar-refractivity contribution < 1.29 is 9.90 Å². The predicted octanol–water partition coefficient (Wildman–Crippen LogP) is 1.38. The fraction of sp³-hybridized carbons (Fsp3) is 0.533. The lowest BCUT2D eigenvalue weighted by Gasteiger charge is -2.21. The first-order valence-corrected chi connectivity index (χ1v) is 6.90. The quantitative estimate of drug-likeness (QED) is 0.860. The second kappa shape index (κ2) is 4.62. The van der Waals surface area contributed by atoms with Crippen LogP contribution in [0.4, 0.5) is 5.69 Å². The molecule has 0 bridgehead atoms. The van der Waals surface area contributed by atoms with Gasteiger partial charge in [-0.1, -0.05) is 12.1 Å². The lowest BCUT2D eigenvalue weighted by molar-refractivity contribution is -0.117. The van der Waals surface area contributed by atoms with Crippen LogP contribution in [0, 0.1) is 0 Å². The van der Waals surface area contributed by atoms with Gasteiger partial charge in [0.25, 0.3) is 0 Å². The molecule has 2 N–H and O–H groups in total. The predicted molar refractivity (Wildman–Crippen MR) is 74.1 cm³/mol. The molecule has 1 aromatic carbocycles. The summed E-state index contributed by atoms with van der Waals surface area (Å²) in [6.07, 6.45) is 2.34. The third-order valence-corrected chi connectivity index (χ3v) is 4.07. The lowest BCUT2D eigenvalue weighted by Crippen LogP contribution is -2.33. The second-order valence-corrected chi connectivity index (χ2v) is 5.69. The highest BCUT2D eigenvalue weighted by Crippen LogP contribution is 2.31. The number of rotatable bonds is 4. The van der Waals surface area contributed by atoms with Gasteiger partial charge in [-0.15, -0.1) is 0 Å². The molecule has 0 spiro atoms. The van der Waals surface area contributed by atoms with Crippen LogP contribution in [0.25, 0.3) is 0 Å². The van der Waals surface area contributed by atoms with Crippen LogP contribution in [0.1, 0.15) is 37.0 Å². The summed E-state index contributed by atoms with van der Waals surface area (Å²) in [5.74, 6) is 0.116. The van der Waals surface area contributed by atoms with E-state index in [0.29, 0.717) is 12.5 Å². The van der Waals surface area contributed by atoms with Crippen LogP contribution in [-0.4, -0.2) is 30.1 Å². The first kappa shape index (κ1) is 12.6. The van der Waals surface area contributed by atoms with E-state index in [2.05, 4.69) is 5.32 Å². The smallest absolute Gasteiger partial charge is 0.231 e. The Morgan fingerprint density at radius 2 is 2.16 bits per heavy atom. The summed E-state index contributed by atoms with van der Waals surface area (Å²) in [6.45, 7) is 2.01. The van der Waals surface area contributed by atoms with Gasteiger partial charge in [-0.25, -0.2) is 0 Å². The van der Waals surface area contributed by atoms with E-state index in [1.165, 1.54) is 12.8 Å². The number of fused-ring (bicyclic) bond motifs is 1. The monoisotopic (exact) mass is 260 g/mol. The largest absolute Gasteiger partial charge is 0.387 e. The van der Waals surface area contributed by atoms with Gasteiger partial charge in [-0.3, -0.25) is 4.79 Å². The van der Waals surface area contributed by atoms with Crippen molar-refractivity contribution in [1.29, 1.82) is 0 Å². The molecule has 102 valence electrons. The Kier molecular flexibility index (Phi) is 3.07. The van der Waals surface area contributed by atoms with Crippen LogP contribution in [-0.2, 0) is 11.2 Å². The molecule has 1 amide bonds. The van der Waals surface area contributed by atoms with Crippen molar-refractivity contribution in [2.45, 2.75) is 44.4 Å². The fourth-order valence-corrected chi connectivity index (χ4v) is 2.68. The van der Waals surface area contributed by atoms with Crippen LogP contribution in [0.5, 0.6) is 0 Å². The van der Waals surface area contributed by atoms with Gasteiger partial charge < -0.3 is 15.3 Å². The summed E-state index contributed by atoms with van der Waals surface area (Å²) >= 11 is 0. The van der Waals surface area contributed by atoms with Gasteiger partial charge in [0.1, 0.15) is 0 Å². The number of nitrogens with one attached hydrogen (secondary N) is 1. The number of benzene rings is 1. The molecule has 19 heavy (non-hydrogen) atoms. The molecule has 4 nitrogen and oxygen atoms in total. The minimum Gasteiger partial charge on any atom is -0.387 e. The normalized spacial score (nSPS) is 21.4. The summed E-state index contributed by atoms with van der Waals surface area (Å²) in [5.41, 5.74) is 2.87. The maximum absolute atomic E-state index is 11.7. The third kappa shape index (κ3) is 2.38. The van der Waals surface area contributed by atoms with Crippen LogP contribution in [0.2, 0.25) is 0 Å². The van der Waals surface area contributed by atoms with E-state index < -0.39 is 6.10 Å². The Bertz CT molecular complexity index is 511. The Morgan fingerprint density at radius 3 is 2.84 bits per heavy atom. The van der Waals surface area contributed by atoms with E-state index in [1.54, 1.807) is 11.9 Å². The zero-order valence-corrected chi connectivity index (χ0v) is 11.4. The van der Waals surface area contributed by atoms with Crippen LogP contribution >= 0.6 is 0 Å². The van der Waals surface area contributed by atoms with Crippen molar-refractivity contribution in [3.63, 3.8) is 0 Å². The molecule has 2 unspecified atom stereocenters. The first-order valence-electron chi connectivity index (χ1n) is 6.90. The highest BCUT2D eigenvalue weighted by molar-refractivity contribution is 6.00. The van der Waals surface area contributed by atoms with Crippen molar-refractivity contribution in [3.05, 3.63) is 29.3 Å². The standard InChI is InChI=1S/C15H20N2O2/c1-9(16-12-4-5-12)15(19)10-3-6-13-11(7-10)8-14(18)17(13)2/h3,6-7,9,12,15-16,19H,4-5,8H2,1-2H3. The second-order valence-electron chi connectivity index (χ2n) is 5.69. The third-order valence-electron chi connectivity index (χ3n) is 4.07. The average Bonchev–Trinajstić information content (AvgIpc) is 3.15. The maximum atomic E-state index is 11.7. The Hall–Kier alpha value is -1.39. The molecule has 0 radical (unpaired) electrons. The number of carbonyl (C=O) groups is 1. The van der Waals surface area contributed by atoms with Crippen molar-refractivity contribution in [2.75, 3.05) is 11.9 Å². The van der Waals surface area contributed by atoms with E-state index in [9.17, 15) is 9.90 Å². The molecule has 1 aromatic rings. The molecule has 2 aliphatic rings. The van der Waals surface area contributed by atoms with Crippen molar-refractivity contribution in [2.24, 2.45) is 0 Å². The Morgan fingerprint density at radius 1 is 1.42 bits per heavy atom. The number of hydrogen-bond acceptors (Lipinski definition) is 3. The van der Waals surface area contributed by atoms with E-state index >= 15 is 0 Å². The number of hydrogen-bond donors (Lipinski definition) is 2. The van der Waals surface area contributed by atoms with Crippen molar-refractivity contribution >= 4 is 11.6 Å². The molecule has 1 heterocycles. The maximum Gasteiger partial charge on any atom is 0.231 e. The summed E-state index contributed by atoms with van der Waals surface area (Å²) in [6, 6.07) is 6.44. The Labute approximate surface area is 113 Å². The van der Waals surface area contributed by atoms with Crippen LogP contribution < -0.4 is 10.2 Å². The van der Waals surface area contributed by atoms with Gasteiger partial charge in [0.05, 0.1) is 12.5 Å². The van der Waals surface area contributed by atoms with Crippen LogP contribution in [0.15, 0.2) is 18.2 Å². The zero-order valence-electron chi connectivity index (χ0n) is 11.4. The number of carbonyl (C=O) groups excluding carboxylic acids is 1. The molecular formula is C15H20N2O2. The van der Waals surface area contributed by atoms with Gasteiger partial charge >= 0.3 is 0 Å². The Balaban J connectivity index is 1.78. The molecule has 2 atom stereocenters. The topological polar surface area (TPSA) is 52.6 Å². The molecule has 0 saturated heterocycles. The van der Waals surface area contributed by atoms with Crippen molar-refractivity contribution in [1.82, 2.24) is 5.32 Å². The molecule has 1 aliphatic heterocycles. The minimum absolute atomic E-state index is 0.0420. The minimum atomic E-state index is -0.521. The van der Waals surface area contributed by atoms with E-state index in [-0.39, 0.29) is 11.9 Å². The highest BCUT2D eigenvalue weighted by atomic mass is 16.3. The molecule has 1 fully saturated rings. The van der Waals surface area contributed by atoms with Gasteiger partial charge in [-0.05, 0) is 37.0 Å². The highest BCUT2D eigenvalue weighted by Gasteiger charge is 2.28. The summed E-state index contributed by atoms with van der Waals surface area (Å²) in [4.78, 5) is 13.3. The van der Waals surface area contributed by atoms with Gasteiger partial charge in [0.15, 0.2) is 0 Å². The van der Waals surface area contributed by atoms with E-state index in [4.69, 9.17) is 0 Å². The number of aliphatic hydroxyl groups excluding tert-OH is 1. The lowest BCUT2D eigenvalue weighted by atomic mass is 10.00. The summed E-state index contributed by atoms with van der Waals surface area (Å²) < 4.78 is 0. The van der Waals surface area contributed by atoms with Gasteiger partial charge in [0, 0.05) is 24.8 Å². The molecule has 4 heteroatoms. The number of aliphatic hydroxyl groups is 1. The number of likely N-dealkylation sites (N-methyl/N-ethyl adjacent to an activating group) is 1. The van der Waals surface area contributed by atoms with Gasteiger partial charge in [0.2, 0.25) is 5.91 Å². The SMILES string of the molecule is CC(NC1CC1)C(O)c1ccc2c(c1)CC(=O)N2C. The number of amides is 1. The molecule has 1 aliphatic carbocycles. The molecule has 3 rings (SSSR count). The van der Waals surface area contributed by atoms with Gasteiger partial charge in [-0.2, -0.15) is 0 Å². The van der Waals surface area contributed by atoms with E-state index in [1.807, 2.05) is 25.1 Å². The number of anilines is 1. The molecule has 1 saturated carbocycles.